The summed E-state index contributed by atoms with van der Waals surface area (Å²) in [5.41, 5.74) is -0.744. The molecule has 0 spiro atoms. The highest BCUT2D eigenvalue weighted by Gasteiger charge is 2.54. The van der Waals surface area contributed by atoms with Crippen molar-refractivity contribution in [3.05, 3.63) is 71.4 Å². The van der Waals surface area contributed by atoms with Gasteiger partial charge in [0.2, 0.25) is 6.41 Å². The van der Waals surface area contributed by atoms with Crippen LogP contribution in [0.15, 0.2) is 60.3 Å². The van der Waals surface area contributed by atoms with Crippen LogP contribution in [0.1, 0.15) is 43.6 Å². The van der Waals surface area contributed by atoms with E-state index in [-0.39, 0.29) is 16.9 Å². The number of esters is 3. The fraction of sp³-hybridized carbons (Fsp3) is 0.321. The molecule has 3 N–H and O–H groups in total. The molecule has 11 nitrogen and oxygen atoms in total. The third-order valence-electron chi connectivity index (χ3n) is 6.22. The van der Waals surface area contributed by atoms with E-state index in [1.807, 2.05) is 30.3 Å². The number of allylic oxidation sites excluding steroid dienone is 1. The Kier molecular flexibility index (Phi) is 9.08. The molecule has 0 aliphatic carbocycles. The number of ether oxygens (including phenoxy) is 3. The van der Waals surface area contributed by atoms with Crippen LogP contribution in [0.5, 0.6) is 5.75 Å². The van der Waals surface area contributed by atoms with Gasteiger partial charge in [0.25, 0.3) is 5.91 Å². The predicted octanol–water partition coefficient (Wildman–Crippen LogP) is 2.63. The van der Waals surface area contributed by atoms with Crippen molar-refractivity contribution in [2.24, 2.45) is 5.41 Å². The highest BCUT2D eigenvalue weighted by Crippen LogP contribution is 2.37. The monoisotopic (exact) mass is 538 g/mol. The van der Waals surface area contributed by atoms with Crippen molar-refractivity contribution in [1.82, 2.24) is 5.32 Å². The minimum absolute atomic E-state index is 0.00138. The predicted molar refractivity (Wildman–Crippen MR) is 138 cm³/mol. The molecule has 0 saturated carbocycles. The number of nitrogens with one attached hydrogen (secondary N) is 2. The molecule has 0 unspecified atom stereocenters. The second-order valence-corrected chi connectivity index (χ2v) is 9.38. The number of amides is 2. The van der Waals surface area contributed by atoms with Gasteiger partial charge in [-0.05, 0) is 45.4 Å². The Morgan fingerprint density at radius 3 is 2.46 bits per heavy atom. The largest absolute Gasteiger partial charge is 0.505 e. The third kappa shape index (κ3) is 6.61. The number of benzene rings is 2. The minimum atomic E-state index is -1.39. The molecule has 1 saturated heterocycles. The first kappa shape index (κ1) is 28.9. The summed E-state index contributed by atoms with van der Waals surface area (Å²) in [4.78, 5) is 61.4. The molecular weight excluding hydrogens is 508 g/mol. The van der Waals surface area contributed by atoms with Gasteiger partial charge in [-0.15, -0.1) is 0 Å². The lowest BCUT2D eigenvalue weighted by Crippen LogP contribution is -2.42. The van der Waals surface area contributed by atoms with E-state index < -0.39 is 53.3 Å². The second-order valence-electron chi connectivity index (χ2n) is 9.38. The molecule has 0 radical (unpaired) electrons. The minimum Gasteiger partial charge on any atom is -0.505 e. The summed E-state index contributed by atoms with van der Waals surface area (Å²) < 4.78 is 16.3. The molecule has 0 bridgehead atoms. The van der Waals surface area contributed by atoms with Crippen LogP contribution in [0, 0.1) is 5.41 Å². The van der Waals surface area contributed by atoms with E-state index in [2.05, 4.69) is 10.6 Å². The molecule has 2 amide bonds. The van der Waals surface area contributed by atoms with E-state index in [1.165, 1.54) is 38.1 Å². The Balaban J connectivity index is 1.66. The summed E-state index contributed by atoms with van der Waals surface area (Å²) in [5.74, 6) is -3.79. The summed E-state index contributed by atoms with van der Waals surface area (Å²) in [6, 6.07) is 13.4. The van der Waals surface area contributed by atoms with Crippen molar-refractivity contribution in [2.45, 2.75) is 52.4 Å². The number of hydrogen-bond donors (Lipinski definition) is 3. The van der Waals surface area contributed by atoms with Crippen LogP contribution in [-0.2, 0) is 39.8 Å². The maximum Gasteiger partial charge on any atom is 0.355 e. The van der Waals surface area contributed by atoms with Crippen molar-refractivity contribution in [2.75, 3.05) is 5.32 Å². The number of para-hydroxylation sites is 1. The van der Waals surface area contributed by atoms with Crippen LogP contribution < -0.4 is 10.6 Å². The van der Waals surface area contributed by atoms with Crippen LogP contribution >= 0.6 is 0 Å². The number of hydrogen-bond acceptors (Lipinski definition) is 9. The van der Waals surface area contributed by atoms with E-state index in [0.29, 0.717) is 12.8 Å². The molecule has 1 aliphatic rings. The maximum atomic E-state index is 12.9. The van der Waals surface area contributed by atoms with Gasteiger partial charge in [-0.1, -0.05) is 42.5 Å². The van der Waals surface area contributed by atoms with Crippen molar-refractivity contribution >= 4 is 35.9 Å². The number of aromatic hydroxyl groups is 1. The number of rotatable bonds is 10. The summed E-state index contributed by atoms with van der Waals surface area (Å²) in [6.45, 7) is 5.98. The molecule has 2 aromatic rings. The second kappa shape index (κ2) is 12.2. The van der Waals surface area contributed by atoms with Gasteiger partial charge >= 0.3 is 17.9 Å². The van der Waals surface area contributed by atoms with Gasteiger partial charge in [0.05, 0.1) is 11.3 Å². The lowest BCUT2D eigenvalue weighted by molar-refractivity contribution is -0.173. The van der Waals surface area contributed by atoms with Crippen LogP contribution in [0.2, 0.25) is 0 Å². The Morgan fingerprint density at radius 2 is 1.82 bits per heavy atom. The van der Waals surface area contributed by atoms with Gasteiger partial charge in [-0.2, -0.15) is 0 Å². The van der Waals surface area contributed by atoms with Gasteiger partial charge < -0.3 is 30.0 Å². The van der Waals surface area contributed by atoms with Gasteiger partial charge in [0.1, 0.15) is 17.2 Å². The van der Waals surface area contributed by atoms with Gasteiger partial charge in [0, 0.05) is 6.42 Å². The van der Waals surface area contributed by atoms with Crippen LogP contribution in [0.3, 0.4) is 0 Å². The zero-order valence-corrected chi connectivity index (χ0v) is 21.9. The van der Waals surface area contributed by atoms with Crippen molar-refractivity contribution in [3.8, 4) is 5.75 Å². The average molecular weight is 539 g/mol. The zero-order chi connectivity index (χ0) is 28.7. The number of cyclic esters (lactones) is 1. The van der Waals surface area contributed by atoms with Gasteiger partial charge in [0.15, 0.2) is 18.0 Å². The SMILES string of the molecule is C/C=C(\NC(=O)c1cccc(NC=O)c1O)C(=O)O[C@@H](C)C(=O)O[C@H]1[C@@H](Cc2ccccc2)OC(=O)C1(C)C. The lowest BCUT2D eigenvalue weighted by Gasteiger charge is -2.26. The van der Waals surface area contributed by atoms with Crippen molar-refractivity contribution in [3.63, 3.8) is 0 Å². The van der Waals surface area contributed by atoms with Crippen molar-refractivity contribution < 1.29 is 43.3 Å². The molecule has 11 heteroatoms. The Labute approximate surface area is 225 Å². The van der Waals surface area contributed by atoms with Crippen LogP contribution in [0.4, 0.5) is 5.69 Å². The standard InChI is InChI=1S/C28H30N2O9/c1-5-19(30-24(33)18-12-9-13-20(22(18)32)29-15-31)26(35)37-16(2)25(34)39-23-21(38-27(36)28(23,3)4)14-17-10-7-6-8-11-17/h5-13,15-16,21,23,32H,14H2,1-4H3,(H,29,31)(H,30,33)/b19-5-/t16-,21+,23-/m0/s1. The van der Waals surface area contributed by atoms with Gasteiger partial charge in [-0.25, -0.2) is 9.59 Å². The quantitative estimate of drug-likeness (QED) is 0.136. The highest BCUT2D eigenvalue weighted by atomic mass is 16.6. The number of carbonyl (C=O) groups is 5. The van der Waals surface area contributed by atoms with E-state index in [4.69, 9.17) is 14.2 Å². The molecule has 1 aliphatic heterocycles. The summed E-state index contributed by atoms with van der Waals surface area (Å²) in [7, 11) is 0. The number of phenolic OH excluding ortho intramolecular Hbond substituents is 1. The summed E-state index contributed by atoms with van der Waals surface area (Å²) in [5, 5.41) is 14.8. The number of carbonyl (C=O) groups excluding carboxylic acids is 5. The van der Waals surface area contributed by atoms with E-state index in [9.17, 15) is 29.1 Å². The normalized spacial score (nSPS) is 18.9. The molecule has 1 heterocycles. The third-order valence-corrected chi connectivity index (χ3v) is 6.22. The number of anilines is 1. The van der Waals surface area contributed by atoms with Crippen LogP contribution in [-0.4, -0.2) is 53.6 Å². The maximum absolute atomic E-state index is 12.9. The molecule has 0 aromatic heterocycles. The Bertz CT molecular complexity index is 1290. The van der Waals surface area contributed by atoms with Crippen LogP contribution in [0.25, 0.3) is 0 Å². The lowest BCUT2D eigenvalue weighted by atomic mass is 9.85. The molecular formula is C28H30N2O9. The summed E-state index contributed by atoms with van der Waals surface area (Å²) in [6.07, 6.45) is -1.13. The smallest absolute Gasteiger partial charge is 0.355 e. The Hall–Kier alpha value is -4.67. The molecule has 39 heavy (non-hydrogen) atoms. The van der Waals surface area contributed by atoms with E-state index in [1.54, 1.807) is 13.8 Å². The molecule has 2 aromatic carbocycles. The zero-order valence-electron chi connectivity index (χ0n) is 21.9. The Morgan fingerprint density at radius 1 is 1.13 bits per heavy atom. The average Bonchev–Trinajstić information content (AvgIpc) is 3.11. The fourth-order valence-corrected chi connectivity index (χ4v) is 3.98. The molecule has 1 fully saturated rings. The topological polar surface area (TPSA) is 157 Å². The van der Waals surface area contributed by atoms with E-state index in [0.717, 1.165) is 5.56 Å². The number of phenols is 1. The van der Waals surface area contributed by atoms with Gasteiger partial charge in [-0.3, -0.25) is 14.4 Å². The first-order valence-corrected chi connectivity index (χ1v) is 12.2. The van der Waals surface area contributed by atoms with E-state index >= 15 is 0 Å². The first-order valence-electron chi connectivity index (χ1n) is 12.2. The fourth-order valence-electron chi connectivity index (χ4n) is 3.98. The van der Waals surface area contributed by atoms with Crippen molar-refractivity contribution in [1.29, 1.82) is 0 Å². The first-order chi connectivity index (χ1) is 18.5. The molecule has 3 atom stereocenters. The molecule has 3 rings (SSSR count). The summed E-state index contributed by atoms with van der Waals surface area (Å²) >= 11 is 0. The highest BCUT2D eigenvalue weighted by molar-refractivity contribution is 6.04. The molecule has 206 valence electrons.